The van der Waals surface area contributed by atoms with Crippen LogP contribution in [0.1, 0.15) is 5.82 Å². The maximum Gasteiger partial charge on any atom is 0.243 e. The van der Waals surface area contributed by atoms with Gasteiger partial charge in [-0.05, 0) is 12.1 Å². The summed E-state index contributed by atoms with van der Waals surface area (Å²) in [5.41, 5.74) is 0. The fraction of sp³-hybridized carbons (Fsp3) is 0.125. The largest absolute Gasteiger partial charge is 0.345 e. The van der Waals surface area contributed by atoms with Crippen LogP contribution >= 0.6 is 0 Å². The number of rotatable bonds is 3. The molecule has 0 unspecified atom stereocenters. The summed E-state index contributed by atoms with van der Waals surface area (Å²) >= 11 is 0. The molecule has 0 fully saturated rings. The van der Waals surface area contributed by atoms with Crippen molar-refractivity contribution >= 4 is 5.91 Å². The van der Waals surface area contributed by atoms with Gasteiger partial charge in [-0.3, -0.25) is 4.79 Å². The van der Waals surface area contributed by atoms with E-state index in [0.29, 0.717) is 12.4 Å². The molecule has 0 atom stereocenters. The van der Waals surface area contributed by atoms with Crippen LogP contribution in [0.5, 0.6) is 0 Å². The second-order valence-electron chi connectivity index (χ2n) is 2.09. The number of hydrogen-bond acceptors (Lipinski definition) is 3. The molecule has 0 spiro atoms. The first-order valence-electron chi connectivity index (χ1n) is 3.49. The molecule has 0 bridgehead atoms. The smallest absolute Gasteiger partial charge is 0.243 e. The minimum absolute atomic E-state index is 0.220. The number of amides is 1. The second-order valence-corrected chi connectivity index (χ2v) is 2.09. The van der Waals surface area contributed by atoms with Crippen LogP contribution in [-0.4, -0.2) is 15.9 Å². The zero-order valence-corrected chi connectivity index (χ0v) is 6.53. The van der Waals surface area contributed by atoms with Crippen LogP contribution in [0.3, 0.4) is 0 Å². The number of carbonyl (C=O) groups is 1. The van der Waals surface area contributed by atoms with Crippen molar-refractivity contribution in [3.8, 4) is 0 Å². The molecule has 0 aliphatic rings. The van der Waals surface area contributed by atoms with Crippen LogP contribution in [0, 0.1) is 0 Å². The van der Waals surface area contributed by atoms with Gasteiger partial charge in [0, 0.05) is 12.4 Å². The van der Waals surface area contributed by atoms with Crippen LogP contribution in [0.15, 0.2) is 31.1 Å². The number of carbonyl (C=O) groups excluding carboxylic acids is 1. The molecule has 0 saturated carbocycles. The predicted octanol–water partition coefficient (Wildman–Crippen LogP) is 0.279. The van der Waals surface area contributed by atoms with Gasteiger partial charge in [-0.25, -0.2) is 9.97 Å². The molecule has 0 aliphatic heterocycles. The quantitative estimate of drug-likeness (QED) is 0.651. The molecule has 0 aliphatic carbocycles. The minimum Gasteiger partial charge on any atom is -0.345 e. The summed E-state index contributed by atoms with van der Waals surface area (Å²) in [6, 6.07) is 1.72. The lowest BCUT2D eigenvalue weighted by Crippen LogP contribution is -2.21. The van der Waals surface area contributed by atoms with Crippen molar-refractivity contribution in [2.24, 2.45) is 0 Å². The van der Waals surface area contributed by atoms with Gasteiger partial charge in [0.05, 0.1) is 6.54 Å². The van der Waals surface area contributed by atoms with E-state index in [0.717, 1.165) is 0 Å². The summed E-state index contributed by atoms with van der Waals surface area (Å²) < 4.78 is 0. The molecule has 1 amide bonds. The van der Waals surface area contributed by atoms with Crippen LogP contribution in [0.25, 0.3) is 0 Å². The highest BCUT2D eigenvalue weighted by Crippen LogP contribution is 1.85. The van der Waals surface area contributed by atoms with Crippen LogP contribution < -0.4 is 5.32 Å². The Labute approximate surface area is 70.4 Å². The van der Waals surface area contributed by atoms with E-state index in [4.69, 9.17) is 0 Å². The normalized spacial score (nSPS) is 9.00. The first-order chi connectivity index (χ1) is 5.83. The Morgan fingerprint density at radius 3 is 2.83 bits per heavy atom. The molecule has 1 heterocycles. The van der Waals surface area contributed by atoms with E-state index in [1.165, 1.54) is 6.08 Å². The zero-order valence-electron chi connectivity index (χ0n) is 6.53. The summed E-state index contributed by atoms with van der Waals surface area (Å²) in [6.45, 7) is 3.66. The van der Waals surface area contributed by atoms with Gasteiger partial charge >= 0.3 is 0 Å². The number of aromatic nitrogens is 2. The molecular weight excluding hydrogens is 154 g/mol. The van der Waals surface area contributed by atoms with E-state index in [2.05, 4.69) is 21.9 Å². The first-order valence-corrected chi connectivity index (χ1v) is 3.49. The van der Waals surface area contributed by atoms with Crippen molar-refractivity contribution in [2.75, 3.05) is 0 Å². The van der Waals surface area contributed by atoms with Gasteiger partial charge in [-0.1, -0.05) is 6.58 Å². The highest BCUT2D eigenvalue weighted by molar-refractivity contribution is 5.86. The number of hydrogen-bond donors (Lipinski definition) is 1. The Balaban J connectivity index is 2.43. The monoisotopic (exact) mass is 163 g/mol. The van der Waals surface area contributed by atoms with Gasteiger partial charge in [0.1, 0.15) is 5.82 Å². The Kier molecular flexibility index (Phi) is 2.95. The third kappa shape index (κ3) is 2.49. The lowest BCUT2D eigenvalue weighted by Gasteiger charge is -1.98. The predicted molar refractivity (Wildman–Crippen MR) is 44.1 cm³/mol. The third-order valence-electron chi connectivity index (χ3n) is 1.23. The summed E-state index contributed by atoms with van der Waals surface area (Å²) in [4.78, 5) is 18.6. The van der Waals surface area contributed by atoms with Crippen molar-refractivity contribution < 1.29 is 4.79 Å². The van der Waals surface area contributed by atoms with E-state index >= 15 is 0 Å². The second kappa shape index (κ2) is 4.23. The van der Waals surface area contributed by atoms with Crippen molar-refractivity contribution in [2.45, 2.75) is 6.54 Å². The summed E-state index contributed by atoms with van der Waals surface area (Å²) in [5, 5.41) is 2.57. The fourth-order valence-electron chi connectivity index (χ4n) is 0.660. The molecule has 1 aromatic heterocycles. The standard InChI is InChI=1S/C8H9N3O/c1-2-8(12)11-6-7-9-4-3-5-10-7/h2-5H,1,6H2,(H,11,12). The lowest BCUT2D eigenvalue weighted by atomic mass is 10.5. The summed E-state index contributed by atoms with van der Waals surface area (Å²) in [6.07, 6.45) is 4.47. The average molecular weight is 163 g/mol. The maximum absolute atomic E-state index is 10.7. The van der Waals surface area contributed by atoms with E-state index in [-0.39, 0.29) is 5.91 Å². The lowest BCUT2D eigenvalue weighted by molar-refractivity contribution is -0.116. The molecule has 4 heteroatoms. The van der Waals surface area contributed by atoms with Crippen LogP contribution in [-0.2, 0) is 11.3 Å². The molecule has 0 aromatic carbocycles. The van der Waals surface area contributed by atoms with Crippen LogP contribution in [0.2, 0.25) is 0 Å². The minimum atomic E-state index is -0.220. The molecular formula is C8H9N3O. The topological polar surface area (TPSA) is 54.9 Å². The third-order valence-corrected chi connectivity index (χ3v) is 1.23. The highest BCUT2D eigenvalue weighted by Gasteiger charge is 1.95. The van der Waals surface area contributed by atoms with E-state index in [1.54, 1.807) is 18.5 Å². The fourth-order valence-corrected chi connectivity index (χ4v) is 0.660. The maximum atomic E-state index is 10.7. The first kappa shape index (κ1) is 8.39. The SMILES string of the molecule is C=CC(=O)NCc1ncccn1. The van der Waals surface area contributed by atoms with Gasteiger partial charge in [0.25, 0.3) is 0 Å². The Morgan fingerprint density at radius 1 is 1.58 bits per heavy atom. The van der Waals surface area contributed by atoms with E-state index in [9.17, 15) is 4.79 Å². The van der Waals surface area contributed by atoms with Crippen molar-refractivity contribution in [1.82, 2.24) is 15.3 Å². The summed E-state index contributed by atoms with van der Waals surface area (Å²) in [5.74, 6) is 0.371. The molecule has 12 heavy (non-hydrogen) atoms. The average Bonchev–Trinajstić information content (AvgIpc) is 2.16. The number of nitrogens with one attached hydrogen (secondary N) is 1. The zero-order chi connectivity index (χ0) is 8.81. The van der Waals surface area contributed by atoms with Gasteiger partial charge in [-0.15, -0.1) is 0 Å². The Hall–Kier alpha value is -1.71. The van der Waals surface area contributed by atoms with E-state index in [1.807, 2.05) is 0 Å². The van der Waals surface area contributed by atoms with E-state index < -0.39 is 0 Å². The molecule has 1 rings (SSSR count). The molecule has 1 N–H and O–H groups in total. The summed E-state index contributed by atoms with van der Waals surface area (Å²) in [7, 11) is 0. The van der Waals surface area contributed by atoms with Gasteiger partial charge in [-0.2, -0.15) is 0 Å². The van der Waals surface area contributed by atoms with Gasteiger partial charge in [0.15, 0.2) is 0 Å². The van der Waals surface area contributed by atoms with Crippen molar-refractivity contribution in [3.63, 3.8) is 0 Å². The van der Waals surface area contributed by atoms with Crippen molar-refractivity contribution in [3.05, 3.63) is 36.9 Å². The molecule has 62 valence electrons. The Morgan fingerprint density at radius 2 is 2.25 bits per heavy atom. The molecule has 0 radical (unpaired) electrons. The van der Waals surface area contributed by atoms with Gasteiger partial charge in [0.2, 0.25) is 5.91 Å². The molecule has 4 nitrogen and oxygen atoms in total. The number of nitrogens with zero attached hydrogens (tertiary/aromatic N) is 2. The molecule has 1 aromatic rings. The Bertz CT molecular complexity index is 271. The molecule has 0 saturated heterocycles. The van der Waals surface area contributed by atoms with Crippen LogP contribution in [0.4, 0.5) is 0 Å². The van der Waals surface area contributed by atoms with Crippen molar-refractivity contribution in [1.29, 1.82) is 0 Å². The van der Waals surface area contributed by atoms with Gasteiger partial charge < -0.3 is 5.32 Å². The highest BCUT2D eigenvalue weighted by atomic mass is 16.1.